The Hall–Kier alpha value is -3.59. The van der Waals surface area contributed by atoms with Crippen LogP contribution in [0.15, 0.2) is 42.6 Å². The van der Waals surface area contributed by atoms with E-state index in [2.05, 4.69) is 15.4 Å². The highest BCUT2D eigenvalue weighted by Gasteiger charge is 2.32. The molecule has 3 heterocycles. The maximum absolute atomic E-state index is 12.6. The average molecular weight is 436 g/mol. The Morgan fingerprint density at radius 2 is 1.81 bits per heavy atom. The monoisotopic (exact) mass is 436 g/mol. The molecule has 0 bridgehead atoms. The van der Waals surface area contributed by atoms with Crippen LogP contribution in [0.4, 0.5) is 5.82 Å². The lowest BCUT2D eigenvalue weighted by Gasteiger charge is -2.25. The van der Waals surface area contributed by atoms with Gasteiger partial charge in [0, 0.05) is 29.5 Å². The largest absolute Gasteiger partial charge is 0.497 e. The number of thiazole rings is 1. The lowest BCUT2D eigenvalue weighted by Crippen LogP contribution is -2.24. The molecule has 2 aromatic heterocycles. The molecule has 0 aliphatic carbocycles. The highest BCUT2D eigenvalue weighted by Crippen LogP contribution is 2.43. The summed E-state index contributed by atoms with van der Waals surface area (Å²) in [6.07, 6.45) is 2.09. The van der Waals surface area contributed by atoms with Gasteiger partial charge in [-0.25, -0.2) is 4.98 Å². The first kappa shape index (κ1) is 19.4. The summed E-state index contributed by atoms with van der Waals surface area (Å²) in [7, 11) is 4.86. The third-order valence-electron chi connectivity index (χ3n) is 5.40. The lowest BCUT2D eigenvalue weighted by atomic mass is 9.86. The SMILES string of the molecule is COc1ccc(C2CC(=O)Nc3c2cnn3-c2nc3ccc(OC)cc3s2)c(OC)c1. The quantitative estimate of drug-likeness (QED) is 0.509. The van der Waals surface area contributed by atoms with Gasteiger partial charge in [0.25, 0.3) is 0 Å². The third kappa shape index (κ3) is 3.27. The predicted octanol–water partition coefficient (Wildman–Crippen LogP) is 3.98. The minimum atomic E-state index is -0.187. The molecular formula is C22H20N4O4S. The van der Waals surface area contributed by atoms with E-state index in [4.69, 9.17) is 14.2 Å². The van der Waals surface area contributed by atoms with Crippen molar-refractivity contribution in [2.75, 3.05) is 26.6 Å². The molecule has 1 atom stereocenters. The maximum atomic E-state index is 12.6. The van der Waals surface area contributed by atoms with Crippen LogP contribution in [0.2, 0.25) is 0 Å². The maximum Gasteiger partial charge on any atom is 0.226 e. The van der Waals surface area contributed by atoms with Crippen molar-refractivity contribution in [1.82, 2.24) is 14.8 Å². The second kappa shape index (κ2) is 7.59. The lowest BCUT2D eigenvalue weighted by molar-refractivity contribution is -0.116. The Balaban J connectivity index is 1.60. The molecule has 1 unspecified atom stereocenters. The Morgan fingerprint density at radius 3 is 2.58 bits per heavy atom. The van der Waals surface area contributed by atoms with Crippen LogP contribution in [0, 0.1) is 0 Å². The van der Waals surface area contributed by atoms with E-state index >= 15 is 0 Å². The Kier molecular flexibility index (Phi) is 4.74. The van der Waals surface area contributed by atoms with Crippen molar-refractivity contribution in [2.45, 2.75) is 12.3 Å². The van der Waals surface area contributed by atoms with Gasteiger partial charge >= 0.3 is 0 Å². The van der Waals surface area contributed by atoms with Crippen molar-refractivity contribution in [3.05, 3.63) is 53.7 Å². The molecule has 1 aliphatic rings. The fraction of sp³-hybridized carbons (Fsp3) is 0.227. The smallest absolute Gasteiger partial charge is 0.226 e. The van der Waals surface area contributed by atoms with Crippen molar-refractivity contribution in [3.63, 3.8) is 0 Å². The zero-order valence-corrected chi connectivity index (χ0v) is 18.0. The number of hydrogen-bond acceptors (Lipinski definition) is 7. The van der Waals surface area contributed by atoms with E-state index in [-0.39, 0.29) is 11.8 Å². The number of methoxy groups -OCH3 is 3. The number of benzene rings is 2. The number of anilines is 1. The molecule has 4 aromatic rings. The van der Waals surface area contributed by atoms with Crippen molar-refractivity contribution in [1.29, 1.82) is 0 Å². The first-order valence-corrected chi connectivity index (χ1v) is 10.5. The van der Waals surface area contributed by atoms with Gasteiger partial charge in [-0.2, -0.15) is 9.78 Å². The molecule has 5 rings (SSSR count). The minimum absolute atomic E-state index is 0.0834. The van der Waals surface area contributed by atoms with Gasteiger partial charge in [0.2, 0.25) is 11.0 Å². The standard InChI is InChI=1S/C22H20N4O4S/c1-28-12-4-6-14(18(8-12)30-3)15-10-20(27)25-21-16(15)11-23-26(21)22-24-17-7-5-13(29-2)9-19(17)31-22/h4-9,11,15H,10H2,1-3H3,(H,25,27). The van der Waals surface area contributed by atoms with Crippen LogP contribution in [0.25, 0.3) is 15.3 Å². The summed E-state index contributed by atoms with van der Waals surface area (Å²) >= 11 is 1.49. The van der Waals surface area contributed by atoms with Gasteiger partial charge in [0.05, 0.1) is 37.7 Å². The summed E-state index contributed by atoms with van der Waals surface area (Å²) < 4.78 is 18.9. The zero-order valence-electron chi connectivity index (χ0n) is 17.2. The number of ether oxygens (including phenoxy) is 3. The second-order valence-electron chi connectivity index (χ2n) is 7.10. The van der Waals surface area contributed by atoms with Gasteiger partial charge in [0.1, 0.15) is 23.1 Å². The summed E-state index contributed by atoms with van der Waals surface area (Å²) in [6, 6.07) is 11.4. The van der Waals surface area contributed by atoms with E-state index < -0.39 is 0 Å². The fourth-order valence-electron chi connectivity index (χ4n) is 3.86. The number of nitrogens with one attached hydrogen (secondary N) is 1. The summed E-state index contributed by atoms with van der Waals surface area (Å²) in [5.41, 5.74) is 2.67. The van der Waals surface area contributed by atoms with Crippen molar-refractivity contribution < 1.29 is 19.0 Å². The molecule has 0 spiro atoms. The van der Waals surface area contributed by atoms with Crippen LogP contribution in [0.3, 0.4) is 0 Å². The molecule has 31 heavy (non-hydrogen) atoms. The molecule has 0 fully saturated rings. The summed E-state index contributed by atoms with van der Waals surface area (Å²) in [6.45, 7) is 0. The number of nitrogens with zero attached hydrogens (tertiary/aromatic N) is 3. The average Bonchev–Trinajstić information content (AvgIpc) is 3.41. The molecule has 9 heteroatoms. The first-order chi connectivity index (χ1) is 15.1. The molecule has 0 saturated carbocycles. The van der Waals surface area contributed by atoms with Crippen LogP contribution in [0.1, 0.15) is 23.5 Å². The van der Waals surface area contributed by atoms with Crippen LogP contribution in [-0.2, 0) is 4.79 Å². The van der Waals surface area contributed by atoms with Gasteiger partial charge in [-0.1, -0.05) is 17.4 Å². The molecule has 2 aromatic carbocycles. The van der Waals surface area contributed by atoms with Gasteiger partial charge < -0.3 is 19.5 Å². The topological polar surface area (TPSA) is 87.5 Å². The molecule has 1 aliphatic heterocycles. The molecule has 0 saturated heterocycles. The first-order valence-electron chi connectivity index (χ1n) is 9.66. The summed E-state index contributed by atoms with van der Waals surface area (Å²) in [5, 5.41) is 8.20. The van der Waals surface area contributed by atoms with E-state index in [0.29, 0.717) is 28.9 Å². The number of amides is 1. The molecule has 8 nitrogen and oxygen atoms in total. The summed E-state index contributed by atoms with van der Waals surface area (Å²) in [4.78, 5) is 17.3. The van der Waals surface area contributed by atoms with Crippen molar-refractivity contribution in [2.24, 2.45) is 0 Å². The summed E-state index contributed by atoms with van der Waals surface area (Å²) in [5.74, 6) is 2.49. The number of carbonyl (C=O) groups excluding carboxylic acids is 1. The van der Waals surface area contributed by atoms with E-state index in [1.165, 1.54) is 11.3 Å². The van der Waals surface area contributed by atoms with Crippen LogP contribution >= 0.6 is 11.3 Å². The van der Waals surface area contributed by atoms with E-state index in [1.807, 2.05) is 36.4 Å². The highest BCUT2D eigenvalue weighted by molar-refractivity contribution is 7.20. The zero-order chi connectivity index (χ0) is 21.5. The van der Waals surface area contributed by atoms with Crippen LogP contribution in [-0.4, -0.2) is 42.0 Å². The normalized spacial score (nSPS) is 15.5. The number of fused-ring (bicyclic) bond motifs is 2. The third-order valence-corrected chi connectivity index (χ3v) is 6.40. The highest BCUT2D eigenvalue weighted by atomic mass is 32.1. The van der Waals surface area contributed by atoms with Gasteiger partial charge in [-0.3, -0.25) is 4.79 Å². The Labute approximate surface area is 182 Å². The number of rotatable bonds is 5. The molecule has 1 amide bonds. The molecular weight excluding hydrogens is 416 g/mol. The fourth-order valence-corrected chi connectivity index (χ4v) is 4.82. The van der Waals surface area contributed by atoms with E-state index in [0.717, 1.165) is 27.1 Å². The van der Waals surface area contributed by atoms with Gasteiger partial charge in [0.15, 0.2) is 0 Å². The number of hydrogen-bond donors (Lipinski definition) is 1. The van der Waals surface area contributed by atoms with Gasteiger partial charge in [-0.05, 0) is 24.3 Å². The van der Waals surface area contributed by atoms with Crippen LogP contribution < -0.4 is 19.5 Å². The second-order valence-corrected chi connectivity index (χ2v) is 8.11. The Bertz CT molecular complexity index is 1300. The molecule has 0 radical (unpaired) electrons. The predicted molar refractivity (Wildman–Crippen MR) is 118 cm³/mol. The Morgan fingerprint density at radius 1 is 1.03 bits per heavy atom. The van der Waals surface area contributed by atoms with E-state index in [9.17, 15) is 4.79 Å². The minimum Gasteiger partial charge on any atom is -0.497 e. The number of aromatic nitrogens is 3. The molecule has 1 N–H and O–H groups in total. The van der Waals surface area contributed by atoms with Crippen LogP contribution in [0.5, 0.6) is 17.2 Å². The van der Waals surface area contributed by atoms with E-state index in [1.54, 1.807) is 32.2 Å². The molecule has 158 valence electrons. The van der Waals surface area contributed by atoms with Gasteiger partial charge in [-0.15, -0.1) is 0 Å². The number of carbonyl (C=O) groups is 1. The van der Waals surface area contributed by atoms with Crippen molar-refractivity contribution >= 4 is 33.3 Å². The van der Waals surface area contributed by atoms with Crippen molar-refractivity contribution in [3.8, 4) is 22.4 Å².